The lowest BCUT2D eigenvalue weighted by molar-refractivity contribution is 0.0657. The zero-order chi connectivity index (χ0) is 11.3. The molecule has 0 spiro atoms. The average Bonchev–Trinajstić information content (AvgIpc) is 2.16. The molecule has 1 aromatic rings. The van der Waals surface area contributed by atoms with Crippen LogP contribution in [-0.4, -0.2) is 12.2 Å². The largest absolute Gasteiger partial charge is 0.491 e. The summed E-state index contributed by atoms with van der Waals surface area (Å²) in [6.07, 6.45) is 0.499. The highest BCUT2D eigenvalue weighted by molar-refractivity contribution is 5.27. The van der Waals surface area contributed by atoms with Crippen molar-refractivity contribution in [2.45, 2.75) is 46.5 Å². The van der Waals surface area contributed by atoms with Gasteiger partial charge in [-0.2, -0.15) is 0 Å². The summed E-state index contributed by atoms with van der Waals surface area (Å²) in [6, 6.07) is 8.05. The van der Waals surface area contributed by atoms with Gasteiger partial charge in [-0.15, -0.1) is 0 Å². The summed E-state index contributed by atoms with van der Waals surface area (Å²) in [5.74, 6) is 0.915. The fraction of sp³-hybridized carbons (Fsp3) is 0.538. The summed E-state index contributed by atoms with van der Waals surface area (Å²) in [4.78, 5) is 0. The van der Waals surface area contributed by atoms with E-state index in [0.29, 0.717) is 6.61 Å². The van der Waals surface area contributed by atoms with Crippen LogP contribution in [0.5, 0.6) is 5.75 Å². The van der Waals surface area contributed by atoms with Crippen molar-refractivity contribution in [1.29, 1.82) is 0 Å². The van der Waals surface area contributed by atoms with Gasteiger partial charge in [-0.05, 0) is 45.4 Å². The smallest absolute Gasteiger partial charge is 0.119 e. The van der Waals surface area contributed by atoms with Crippen molar-refractivity contribution < 1.29 is 9.47 Å². The van der Waals surface area contributed by atoms with Crippen molar-refractivity contribution in [2.75, 3.05) is 0 Å². The molecule has 0 radical (unpaired) electrons. The van der Waals surface area contributed by atoms with Crippen molar-refractivity contribution in [3.63, 3.8) is 0 Å². The first-order valence-electron chi connectivity index (χ1n) is 5.45. The van der Waals surface area contributed by atoms with Gasteiger partial charge in [-0.1, -0.05) is 12.1 Å². The maximum atomic E-state index is 5.55. The summed E-state index contributed by atoms with van der Waals surface area (Å²) in [5, 5.41) is 0. The molecule has 0 unspecified atom stereocenters. The van der Waals surface area contributed by atoms with Gasteiger partial charge in [0.05, 0.1) is 18.8 Å². The van der Waals surface area contributed by atoms with Gasteiger partial charge >= 0.3 is 0 Å². The Morgan fingerprint density at radius 3 is 2.00 bits per heavy atom. The highest BCUT2D eigenvalue weighted by atomic mass is 16.5. The van der Waals surface area contributed by atoms with Gasteiger partial charge in [0.15, 0.2) is 0 Å². The zero-order valence-corrected chi connectivity index (χ0v) is 9.99. The molecule has 0 aliphatic heterocycles. The molecule has 2 nitrogen and oxygen atoms in total. The van der Waals surface area contributed by atoms with Crippen molar-refractivity contribution in [1.82, 2.24) is 0 Å². The van der Waals surface area contributed by atoms with Crippen molar-refractivity contribution in [3.8, 4) is 5.75 Å². The van der Waals surface area contributed by atoms with E-state index in [-0.39, 0.29) is 12.2 Å². The Morgan fingerprint density at radius 2 is 1.53 bits per heavy atom. The van der Waals surface area contributed by atoms with E-state index in [4.69, 9.17) is 9.47 Å². The third kappa shape index (κ3) is 4.84. The molecule has 0 aliphatic carbocycles. The van der Waals surface area contributed by atoms with Gasteiger partial charge in [0.1, 0.15) is 5.75 Å². The van der Waals surface area contributed by atoms with Gasteiger partial charge in [0, 0.05) is 0 Å². The standard InChI is InChI=1S/C13H20O2/c1-10(2)14-9-12-5-7-13(8-6-12)15-11(3)4/h5-8,10-11H,9H2,1-4H3. The van der Waals surface area contributed by atoms with Crippen LogP contribution in [0.15, 0.2) is 24.3 Å². The highest BCUT2D eigenvalue weighted by Gasteiger charge is 1.99. The van der Waals surface area contributed by atoms with Gasteiger partial charge in [-0.3, -0.25) is 0 Å². The number of rotatable bonds is 5. The Bertz CT molecular complexity index is 275. The first-order valence-corrected chi connectivity index (χ1v) is 5.45. The van der Waals surface area contributed by atoms with E-state index < -0.39 is 0 Å². The second-order valence-electron chi connectivity index (χ2n) is 4.17. The SMILES string of the molecule is CC(C)OCc1ccc(OC(C)C)cc1. The summed E-state index contributed by atoms with van der Waals surface area (Å²) in [7, 11) is 0. The molecule has 0 aliphatic rings. The van der Waals surface area contributed by atoms with Gasteiger partial charge < -0.3 is 9.47 Å². The normalized spacial score (nSPS) is 11.1. The summed E-state index contributed by atoms with van der Waals surface area (Å²) in [5.41, 5.74) is 1.18. The molecule has 0 amide bonds. The molecule has 0 aromatic heterocycles. The van der Waals surface area contributed by atoms with Crippen LogP contribution in [-0.2, 0) is 11.3 Å². The van der Waals surface area contributed by atoms with Crippen molar-refractivity contribution in [3.05, 3.63) is 29.8 Å². The molecular formula is C13H20O2. The molecule has 1 rings (SSSR count). The van der Waals surface area contributed by atoms with E-state index in [1.807, 2.05) is 52.0 Å². The third-order valence-electron chi connectivity index (χ3n) is 1.88. The number of hydrogen-bond acceptors (Lipinski definition) is 2. The van der Waals surface area contributed by atoms with Crippen LogP contribution in [0.2, 0.25) is 0 Å². The van der Waals surface area contributed by atoms with Crippen molar-refractivity contribution in [2.24, 2.45) is 0 Å². The fourth-order valence-corrected chi connectivity index (χ4v) is 1.20. The molecule has 15 heavy (non-hydrogen) atoms. The first-order chi connectivity index (χ1) is 7.08. The molecular weight excluding hydrogens is 188 g/mol. The average molecular weight is 208 g/mol. The highest BCUT2D eigenvalue weighted by Crippen LogP contribution is 2.14. The van der Waals surface area contributed by atoms with Crippen molar-refractivity contribution >= 4 is 0 Å². The van der Waals surface area contributed by atoms with E-state index in [1.54, 1.807) is 0 Å². The van der Waals surface area contributed by atoms with Crippen LogP contribution in [0, 0.1) is 0 Å². The minimum Gasteiger partial charge on any atom is -0.491 e. The molecule has 1 aromatic carbocycles. The van der Waals surface area contributed by atoms with Gasteiger partial charge in [0.2, 0.25) is 0 Å². The monoisotopic (exact) mass is 208 g/mol. The van der Waals surface area contributed by atoms with Crippen LogP contribution < -0.4 is 4.74 Å². The lowest BCUT2D eigenvalue weighted by Gasteiger charge is -2.11. The molecule has 0 bridgehead atoms. The number of hydrogen-bond donors (Lipinski definition) is 0. The topological polar surface area (TPSA) is 18.5 Å². The minimum absolute atomic E-state index is 0.225. The van der Waals surface area contributed by atoms with Crippen LogP contribution in [0.4, 0.5) is 0 Å². The van der Waals surface area contributed by atoms with E-state index in [9.17, 15) is 0 Å². The van der Waals surface area contributed by atoms with E-state index in [0.717, 1.165) is 5.75 Å². The summed E-state index contributed by atoms with van der Waals surface area (Å²) in [6.45, 7) is 8.79. The van der Waals surface area contributed by atoms with E-state index >= 15 is 0 Å². The molecule has 0 saturated heterocycles. The number of benzene rings is 1. The lowest BCUT2D eigenvalue weighted by Crippen LogP contribution is -2.05. The zero-order valence-electron chi connectivity index (χ0n) is 9.99. The predicted molar refractivity (Wildman–Crippen MR) is 62.1 cm³/mol. The Balaban J connectivity index is 2.49. The van der Waals surface area contributed by atoms with Crippen LogP contribution in [0.3, 0.4) is 0 Å². The second kappa shape index (κ2) is 5.76. The molecule has 84 valence electrons. The second-order valence-corrected chi connectivity index (χ2v) is 4.17. The molecule has 2 heteroatoms. The maximum Gasteiger partial charge on any atom is 0.119 e. The van der Waals surface area contributed by atoms with E-state index in [2.05, 4.69) is 0 Å². The van der Waals surface area contributed by atoms with Gasteiger partial charge in [-0.25, -0.2) is 0 Å². The molecule has 0 heterocycles. The molecule has 0 atom stereocenters. The minimum atomic E-state index is 0.225. The Morgan fingerprint density at radius 1 is 0.933 bits per heavy atom. The van der Waals surface area contributed by atoms with Crippen LogP contribution >= 0.6 is 0 Å². The fourth-order valence-electron chi connectivity index (χ4n) is 1.20. The van der Waals surface area contributed by atoms with Crippen LogP contribution in [0.25, 0.3) is 0 Å². The van der Waals surface area contributed by atoms with Crippen LogP contribution in [0.1, 0.15) is 33.3 Å². The number of ether oxygens (including phenoxy) is 2. The maximum absolute atomic E-state index is 5.55. The van der Waals surface area contributed by atoms with E-state index in [1.165, 1.54) is 5.56 Å². The Labute approximate surface area is 92.2 Å². The Kier molecular flexibility index (Phi) is 4.63. The Hall–Kier alpha value is -1.02. The summed E-state index contributed by atoms with van der Waals surface area (Å²) < 4.78 is 11.1. The molecule has 0 fully saturated rings. The molecule has 0 saturated carbocycles. The first kappa shape index (κ1) is 12.1. The quantitative estimate of drug-likeness (QED) is 0.738. The molecule has 0 N–H and O–H groups in total. The third-order valence-corrected chi connectivity index (χ3v) is 1.88. The lowest BCUT2D eigenvalue weighted by atomic mass is 10.2. The van der Waals surface area contributed by atoms with Gasteiger partial charge in [0.25, 0.3) is 0 Å². The predicted octanol–water partition coefficient (Wildman–Crippen LogP) is 3.40. The summed E-state index contributed by atoms with van der Waals surface area (Å²) >= 11 is 0.